The average molecular weight is 324 g/mol. The van der Waals surface area contributed by atoms with Gasteiger partial charge in [-0.05, 0) is 22.0 Å². The Hall–Kier alpha value is -1.16. The second kappa shape index (κ2) is 5.08. The van der Waals surface area contributed by atoms with Crippen LogP contribution in [0.5, 0.6) is 0 Å². The Kier molecular flexibility index (Phi) is 3.44. The quantitative estimate of drug-likeness (QED) is 0.791. The van der Waals surface area contributed by atoms with Gasteiger partial charge in [0, 0.05) is 36.6 Å². The summed E-state index contributed by atoms with van der Waals surface area (Å²) in [5, 5.41) is 9.19. The van der Waals surface area contributed by atoms with E-state index in [-0.39, 0.29) is 0 Å². The molecule has 0 bridgehead atoms. The van der Waals surface area contributed by atoms with E-state index in [1.54, 1.807) is 12.3 Å². The molecule has 2 aliphatic rings. The number of halogens is 1. The van der Waals surface area contributed by atoms with Crippen LogP contribution in [-0.4, -0.2) is 37.1 Å². The van der Waals surface area contributed by atoms with Crippen LogP contribution in [0.3, 0.4) is 0 Å². The first-order valence-corrected chi connectivity index (χ1v) is 7.10. The predicted octanol–water partition coefficient (Wildman–Crippen LogP) is 2.06. The summed E-state index contributed by atoms with van der Waals surface area (Å²) in [4.78, 5) is 6.49. The Labute approximate surface area is 120 Å². The summed E-state index contributed by atoms with van der Waals surface area (Å²) in [6.07, 6.45) is 3.36. The van der Waals surface area contributed by atoms with Crippen molar-refractivity contribution in [2.45, 2.75) is 18.6 Å². The van der Waals surface area contributed by atoms with Gasteiger partial charge in [-0.15, -0.1) is 0 Å². The Bertz CT molecular complexity index is 513. The lowest BCUT2D eigenvalue weighted by atomic mass is 10.0. The first-order valence-electron chi connectivity index (χ1n) is 6.31. The first kappa shape index (κ1) is 12.9. The van der Waals surface area contributed by atoms with Crippen molar-refractivity contribution in [3.63, 3.8) is 0 Å². The van der Waals surface area contributed by atoms with Crippen LogP contribution in [0.15, 0.2) is 16.7 Å². The van der Waals surface area contributed by atoms with Gasteiger partial charge in [-0.2, -0.15) is 5.26 Å². The van der Waals surface area contributed by atoms with Gasteiger partial charge in [0.25, 0.3) is 0 Å². The number of piperidine rings is 1. The van der Waals surface area contributed by atoms with Crippen molar-refractivity contribution in [2.75, 3.05) is 31.2 Å². The number of hydrogen-bond donors (Lipinski definition) is 0. The van der Waals surface area contributed by atoms with E-state index in [0.717, 1.165) is 36.2 Å². The third kappa shape index (κ3) is 2.46. The molecule has 19 heavy (non-hydrogen) atoms. The topological polar surface area (TPSA) is 58.4 Å². The van der Waals surface area contributed by atoms with E-state index in [0.29, 0.717) is 18.8 Å². The van der Waals surface area contributed by atoms with E-state index in [1.165, 1.54) is 0 Å². The van der Waals surface area contributed by atoms with Gasteiger partial charge in [-0.1, -0.05) is 0 Å². The molecular weight excluding hydrogens is 310 g/mol. The molecule has 6 heteroatoms. The lowest BCUT2D eigenvalue weighted by Crippen LogP contribution is -2.45. The van der Waals surface area contributed by atoms with E-state index >= 15 is 0 Å². The molecule has 0 amide bonds. The number of nitriles is 1. The maximum atomic E-state index is 9.19. The SMILES string of the molecule is N#Cc1cc(Br)cnc1N1CCC2(CC1)OCCO2. The summed E-state index contributed by atoms with van der Waals surface area (Å²) in [6, 6.07) is 4.00. The average Bonchev–Trinajstić information content (AvgIpc) is 2.88. The highest BCUT2D eigenvalue weighted by Crippen LogP contribution is 2.33. The van der Waals surface area contributed by atoms with E-state index in [4.69, 9.17) is 9.47 Å². The Morgan fingerprint density at radius 1 is 1.32 bits per heavy atom. The van der Waals surface area contributed by atoms with Crippen LogP contribution in [0.4, 0.5) is 5.82 Å². The monoisotopic (exact) mass is 323 g/mol. The van der Waals surface area contributed by atoms with Gasteiger partial charge in [0.1, 0.15) is 11.9 Å². The van der Waals surface area contributed by atoms with E-state index in [1.807, 2.05) is 0 Å². The zero-order valence-electron chi connectivity index (χ0n) is 10.4. The van der Waals surface area contributed by atoms with E-state index < -0.39 is 5.79 Å². The number of pyridine rings is 1. The lowest BCUT2D eigenvalue weighted by Gasteiger charge is -2.38. The minimum atomic E-state index is -0.390. The largest absolute Gasteiger partial charge is 0.355 e. The lowest BCUT2D eigenvalue weighted by molar-refractivity contribution is -0.169. The molecule has 1 aromatic rings. The van der Waals surface area contributed by atoms with Crippen molar-refractivity contribution in [2.24, 2.45) is 0 Å². The minimum Gasteiger partial charge on any atom is -0.355 e. The molecule has 100 valence electrons. The molecule has 2 aliphatic heterocycles. The Morgan fingerprint density at radius 3 is 2.63 bits per heavy atom. The summed E-state index contributed by atoms with van der Waals surface area (Å²) >= 11 is 3.34. The molecule has 0 atom stereocenters. The standard InChI is InChI=1S/C13H14BrN3O2/c14-11-7-10(8-15)12(16-9-11)17-3-1-13(2-4-17)18-5-6-19-13/h7,9H,1-6H2. The predicted molar refractivity (Wildman–Crippen MR) is 72.7 cm³/mol. The third-order valence-corrected chi connectivity index (χ3v) is 4.03. The number of anilines is 1. The molecular formula is C13H14BrN3O2. The van der Waals surface area contributed by atoms with Crippen molar-refractivity contribution < 1.29 is 9.47 Å². The van der Waals surface area contributed by atoms with Crippen LogP contribution >= 0.6 is 15.9 Å². The van der Waals surface area contributed by atoms with Gasteiger partial charge < -0.3 is 14.4 Å². The molecule has 5 nitrogen and oxygen atoms in total. The van der Waals surface area contributed by atoms with Crippen molar-refractivity contribution in [3.8, 4) is 6.07 Å². The Balaban J connectivity index is 1.77. The number of hydrogen-bond acceptors (Lipinski definition) is 5. The zero-order valence-corrected chi connectivity index (χ0v) is 12.0. The molecule has 1 aromatic heterocycles. The fraction of sp³-hybridized carbons (Fsp3) is 0.538. The molecule has 3 rings (SSSR count). The molecule has 0 unspecified atom stereocenters. The fourth-order valence-electron chi connectivity index (χ4n) is 2.61. The molecule has 3 heterocycles. The fourth-order valence-corrected chi connectivity index (χ4v) is 2.94. The summed E-state index contributed by atoms with van der Waals surface area (Å²) < 4.78 is 12.2. The van der Waals surface area contributed by atoms with Gasteiger partial charge in [-0.3, -0.25) is 0 Å². The van der Waals surface area contributed by atoms with Crippen LogP contribution in [0.25, 0.3) is 0 Å². The number of rotatable bonds is 1. The minimum absolute atomic E-state index is 0.390. The maximum absolute atomic E-state index is 9.19. The molecule has 2 fully saturated rings. The summed E-state index contributed by atoms with van der Waals surface area (Å²) in [6.45, 7) is 2.95. The molecule has 0 radical (unpaired) electrons. The number of aromatic nitrogens is 1. The van der Waals surface area contributed by atoms with Gasteiger partial charge in [0.05, 0.1) is 18.8 Å². The molecule has 0 aliphatic carbocycles. The second-order valence-electron chi connectivity index (χ2n) is 4.73. The highest BCUT2D eigenvalue weighted by molar-refractivity contribution is 9.10. The van der Waals surface area contributed by atoms with E-state index in [2.05, 4.69) is 31.9 Å². The van der Waals surface area contributed by atoms with Crippen LogP contribution in [-0.2, 0) is 9.47 Å². The van der Waals surface area contributed by atoms with Crippen molar-refractivity contribution in [1.29, 1.82) is 5.26 Å². The van der Waals surface area contributed by atoms with Gasteiger partial charge in [0.15, 0.2) is 5.79 Å². The van der Waals surface area contributed by atoms with Crippen LogP contribution in [0, 0.1) is 11.3 Å². The maximum Gasteiger partial charge on any atom is 0.171 e. The smallest absolute Gasteiger partial charge is 0.171 e. The van der Waals surface area contributed by atoms with Gasteiger partial charge in [-0.25, -0.2) is 4.98 Å². The van der Waals surface area contributed by atoms with Gasteiger partial charge >= 0.3 is 0 Å². The molecule has 0 saturated carbocycles. The Morgan fingerprint density at radius 2 is 2.00 bits per heavy atom. The molecule has 1 spiro atoms. The summed E-state index contributed by atoms with van der Waals surface area (Å²) in [5.74, 6) is 0.358. The molecule has 0 aromatic carbocycles. The van der Waals surface area contributed by atoms with Gasteiger partial charge in [0.2, 0.25) is 0 Å². The summed E-state index contributed by atoms with van der Waals surface area (Å²) in [5.41, 5.74) is 0.596. The highest BCUT2D eigenvalue weighted by atomic mass is 79.9. The van der Waals surface area contributed by atoms with Crippen molar-refractivity contribution >= 4 is 21.7 Å². The van der Waals surface area contributed by atoms with Crippen molar-refractivity contribution in [3.05, 3.63) is 22.3 Å². The third-order valence-electron chi connectivity index (χ3n) is 3.59. The highest BCUT2D eigenvalue weighted by Gasteiger charge is 2.40. The van der Waals surface area contributed by atoms with E-state index in [9.17, 15) is 5.26 Å². The normalized spacial score (nSPS) is 21.6. The van der Waals surface area contributed by atoms with Crippen LogP contribution in [0.1, 0.15) is 18.4 Å². The molecule has 2 saturated heterocycles. The van der Waals surface area contributed by atoms with Crippen molar-refractivity contribution in [1.82, 2.24) is 4.98 Å². The number of ether oxygens (including phenoxy) is 2. The zero-order chi connectivity index (χ0) is 13.3. The second-order valence-corrected chi connectivity index (χ2v) is 5.65. The first-order chi connectivity index (χ1) is 9.22. The van der Waals surface area contributed by atoms with Crippen LogP contribution < -0.4 is 4.90 Å². The number of nitrogens with zero attached hydrogens (tertiary/aromatic N) is 3. The van der Waals surface area contributed by atoms with Crippen LogP contribution in [0.2, 0.25) is 0 Å². The molecule has 0 N–H and O–H groups in total. The summed E-state index contributed by atoms with van der Waals surface area (Å²) in [7, 11) is 0.